The average molecular weight is 72.5 g/mol. The van der Waals surface area contributed by atoms with Crippen LogP contribution in [0.25, 0.3) is 0 Å². The first-order chi connectivity index (χ1) is 1.00. The molecule has 0 aromatic rings. The van der Waals surface area contributed by atoms with E-state index >= 15 is 0 Å². The molecule has 0 amide bonds. The summed E-state index contributed by atoms with van der Waals surface area (Å²) in [5, 5.41) is 0. The number of hydrogen-bond acceptors (Lipinski definition) is 0. The summed E-state index contributed by atoms with van der Waals surface area (Å²) in [6, 6.07) is 0. The molecule has 0 aliphatic carbocycles. The Morgan fingerprint density at radius 1 is 1.00 bits per heavy atom. The zero-order chi connectivity index (χ0) is 2.00. The van der Waals surface area contributed by atoms with Gasteiger partial charge in [0, 0.05) is 0 Å². The molecule has 22 valence electrons. The van der Waals surface area contributed by atoms with Gasteiger partial charge in [0.15, 0.2) is 0 Å². The summed E-state index contributed by atoms with van der Waals surface area (Å²) in [7, 11) is 0. The molecular weight excluding hydrogens is 66.4 g/mol. The van der Waals surface area contributed by atoms with Gasteiger partial charge in [-0.05, 0) is 0 Å². The first-order valence-corrected chi connectivity index (χ1v) is 1.00. The Balaban J connectivity index is -0.00000000500. The van der Waals surface area contributed by atoms with Gasteiger partial charge in [-0.25, -0.2) is 0 Å². The minimum Gasteiger partial charge on any atom is -1.00 e. The molecule has 0 unspecified atom stereocenters. The standard InChI is InChI=1S/C2H6.ClH.Li/c1-2;;/h1-2H3;1H;/q;;+1/p-1. The van der Waals surface area contributed by atoms with Gasteiger partial charge in [0.1, 0.15) is 0 Å². The Bertz CT molecular complexity index is 6.00. The summed E-state index contributed by atoms with van der Waals surface area (Å²) in [5.74, 6) is 0. The Morgan fingerprint density at radius 3 is 1.00 bits per heavy atom. The predicted octanol–water partition coefficient (Wildman–Crippen LogP) is -4.97. The van der Waals surface area contributed by atoms with E-state index in [1.54, 1.807) is 0 Å². The van der Waals surface area contributed by atoms with Crippen molar-refractivity contribution in [2.75, 3.05) is 0 Å². The molecule has 2 heteroatoms. The molecule has 0 aliphatic heterocycles. The van der Waals surface area contributed by atoms with E-state index in [0.29, 0.717) is 0 Å². The van der Waals surface area contributed by atoms with Gasteiger partial charge in [-0.2, -0.15) is 0 Å². The van der Waals surface area contributed by atoms with E-state index in [1.165, 1.54) is 0 Å². The minimum absolute atomic E-state index is 0. The maximum Gasteiger partial charge on any atom is 1.00 e. The van der Waals surface area contributed by atoms with Crippen molar-refractivity contribution in [3.63, 3.8) is 0 Å². The van der Waals surface area contributed by atoms with Gasteiger partial charge in [-0.1, -0.05) is 13.8 Å². The van der Waals surface area contributed by atoms with Gasteiger partial charge >= 0.3 is 18.9 Å². The molecule has 0 N–H and O–H groups in total. The van der Waals surface area contributed by atoms with Crippen LogP contribution in [-0.4, -0.2) is 0 Å². The van der Waals surface area contributed by atoms with E-state index < -0.39 is 0 Å². The Morgan fingerprint density at radius 2 is 1.00 bits per heavy atom. The fourth-order valence-electron chi connectivity index (χ4n) is 0. The predicted molar refractivity (Wildman–Crippen MR) is 11.3 cm³/mol. The summed E-state index contributed by atoms with van der Waals surface area (Å²) in [6.07, 6.45) is 0. The Kier molecular flexibility index (Phi) is 213. The van der Waals surface area contributed by atoms with Gasteiger partial charge in [-0.15, -0.1) is 0 Å². The molecule has 0 saturated carbocycles. The fourth-order valence-corrected chi connectivity index (χ4v) is 0. The minimum atomic E-state index is 0. The van der Waals surface area contributed by atoms with Crippen molar-refractivity contribution in [3.05, 3.63) is 0 Å². The first-order valence-electron chi connectivity index (χ1n) is 1.00. The quantitative estimate of drug-likeness (QED) is 0.252. The van der Waals surface area contributed by atoms with E-state index in [0.717, 1.165) is 0 Å². The second-order valence-corrected chi connectivity index (χ2v) is 0. The van der Waals surface area contributed by atoms with Crippen LogP contribution in [0.15, 0.2) is 0 Å². The molecule has 0 bridgehead atoms. The van der Waals surface area contributed by atoms with Crippen LogP contribution in [0.4, 0.5) is 0 Å². The summed E-state index contributed by atoms with van der Waals surface area (Å²) in [4.78, 5) is 0. The normalized spacial score (nSPS) is 1.50. The van der Waals surface area contributed by atoms with Crippen LogP contribution in [-0.2, 0) is 0 Å². The van der Waals surface area contributed by atoms with Crippen LogP contribution in [0.5, 0.6) is 0 Å². The zero-order valence-corrected chi connectivity index (χ0v) is 4.13. The molecule has 0 saturated heterocycles. The van der Waals surface area contributed by atoms with Gasteiger partial charge in [0.2, 0.25) is 0 Å². The first kappa shape index (κ1) is 20.7. The molecule has 0 radical (unpaired) electrons. The maximum absolute atomic E-state index is 2.00. The van der Waals surface area contributed by atoms with Crippen molar-refractivity contribution in [3.8, 4) is 0 Å². The van der Waals surface area contributed by atoms with Crippen LogP contribution < -0.4 is 31.3 Å². The topological polar surface area (TPSA) is 0 Å². The zero-order valence-electron chi connectivity index (χ0n) is 3.38. The van der Waals surface area contributed by atoms with Crippen LogP contribution in [0.1, 0.15) is 13.8 Å². The van der Waals surface area contributed by atoms with Crippen molar-refractivity contribution in [2.45, 2.75) is 13.8 Å². The van der Waals surface area contributed by atoms with E-state index in [4.69, 9.17) is 0 Å². The molecule has 0 aliphatic rings. The molecular formula is C2H6ClLi. The SMILES string of the molecule is CC.[Cl-].[Li+]. The second-order valence-electron chi connectivity index (χ2n) is 0. The fraction of sp³-hybridized carbons (Fsp3) is 1.00. The van der Waals surface area contributed by atoms with Crippen molar-refractivity contribution in [1.82, 2.24) is 0 Å². The average Bonchev–Trinajstić information content (AvgIpc) is 1.00. The van der Waals surface area contributed by atoms with E-state index in [9.17, 15) is 0 Å². The summed E-state index contributed by atoms with van der Waals surface area (Å²) in [5.41, 5.74) is 0. The van der Waals surface area contributed by atoms with E-state index in [-0.39, 0.29) is 31.3 Å². The van der Waals surface area contributed by atoms with Gasteiger partial charge in [-0.3, -0.25) is 0 Å². The van der Waals surface area contributed by atoms with Crippen LogP contribution in [0.3, 0.4) is 0 Å². The summed E-state index contributed by atoms with van der Waals surface area (Å²) in [6.45, 7) is 4.00. The maximum atomic E-state index is 2.00. The Labute approximate surface area is 45.6 Å². The number of halogens is 1. The molecule has 0 heterocycles. The third-order valence-electron chi connectivity index (χ3n) is 0. The largest absolute Gasteiger partial charge is 1.00 e. The summed E-state index contributed by atoms with van der Waals surface area (Å²) >= 11 is 0. The van der Waals surface area contributed by atoms with E-state index in [2.05, 4.69) is 0 Å². The molecule has 4 heavy (non-hydrogen) atoms. The smallest absolute Gasteiger partial charge is 1.00 e. The molecule has 0 spiro atoms. The molecule has 0 atom stereocenters. The van der Waals surface area contributed by atoms with Crippen LogP contribution >= 0.6 is 0 Å². The van der Waals surface area contributed by atoms with Crippen molar-refractivity contribution < 1.29 is 31.3 Å². The summed E-state index contributed by atoms with van der Waals surface area (Å²) < 4.78 is 0. The molecule has 0 aromatic heterocycles. The van der Waals surface area contributed by atoms with Crippen LogP contribution in [0.2, 0.25) is 0 Å². The second kappa shape index (κ2) is 41.2. The third kappa shape index (κ3) is 13.1. The third-order valence-corrected chi connectivity index (χ3v) is 0. The van der Waals surface area contributed by atoms with Gasteiger partial charge < -0.3 is 12.4 Å². The Hall–Kier alpha value is 0.887. The van der Waals surface area contributed by atoms with Gasteiger partial charge in [0.05, 0.1) is 0 Å². The molecule has 0 nitrogen and oxygen atoms in total. The van der Waals surface area contributed by atoms with Crippen LogP contribution in [0, 0.1) is 0 Å². The van der Waals surface area contributed by atoms with Gasteiger partial charge in [0.25, 0.3) is 0 Å². The van der Waals surface area contributed by atoms with Crippen molar-refractivity contribution in [2.24, 2.45) is 0 Å². The monoisotopic (exact) mass is 72.0 g/mol. The van der Waals surface area contributed by atoms with Crippen molar-refractivity contribution in [1.29, 1.82) is 0 Å². The number of rotatable bonds is 0. The molecule has 0 rings (SSSR count). The number of hydrogen-bond donors (Lipinski definition) is 0. The molecule has 0 aromatic carbocycles. The molecule has 0 fully saturated rings. The van der Waals surface area contributed by atoms with E-state index in [1.807, 2.05) is 13.8 Å². The van der Waals surface area contributed by atoms with Crippen molar-refractivity contribution >= 4 is 0 Å².